The molecule has 3 N–H and O–H groups in total. The maximum Gasteiger partial charge on any atom is 0.287 e. The van der Waals surface area contributed by atoms with Gasteiger partial charge in [0.1, 0.15) is 27.0 Å². The number of sulfonamides is 2. The Bertz CT molecular complexity index is 1630. The van der Waals surface area contributed by atoms with Gasteiger partial charge in [-0.2, -0.15) is 8.42 Å². The molecule has 1 aromatic heterocycles. The van der Waals surface area contributed by atoms with Crippen LogP contribution in [0, 0.1) is 23.6 Å². The summed E-state index contributed by atoms with van der Waals surface area (Å²) in [5.74, 6) is -1.12. The number of carbonyl (C=O) groups is 1. The predicted octanol–water partition coefficient (Wildman–Crippen LogP) is 3.11. The van der Waals surface area contributed by atoms with Crippen LogP contribution in [0.4, 0.5) is 9.39 Å². The highest BCUT2D eigenvalue weighted by atomic mass is 32.2. The van der Waals surface area contributed by atoms with Crippen molar-refractivity contribution in [2.75, 3.05) is 11.6 Å². The minimum atomic E-state index is -4.32. The van der Waals surface area contributed by atoms with Crippen molar-refractivity contribution in [3.63, 3.8) is 0 Å². The molecule has 2 aliphatic carbocycles. The number of hydrogen-bond donors (Lipinski definition) is 3. The molecule has 4 atom stereocenters. The summed E-state index contributed by atoms with van der Waals surface area (Å²) in [5.41, 5.74) is 0.766. The summed E-state index contributed by atoms with van der Waals surface area (Å²) in [6.45, 7) is -0.0485. The van der Waals surface area contributed by atoms with Crippen molar-refractivity contribution in [3.8, 4) is 0 Å². The number of rotatable bonds is 6. The minimum Gasteiger partial charge on any atom is -0.511 e. The number of nitrogens with zero attached hydrogens (tertiary/aromatic N) is 2. The summed E-state index contributed by atoms with van der Waals surface area (Å²) in [7, 11) is -7.88. The van der Waals surface area contributed by atoms with Crippen molar-refractivity contribution in [2.24, 2.45) is 22.2 Å². The number of aliphatic hydroxyl groups excluding tert-OH is 1. The Balaban J connectivity index is 1.39. The highest BCUT2D eigenvalue weighted by molar-refractivity contribution is 7.91. The zero-order chi connectivity index (χ0) is 27.7. The predicted molar refractivity (Wildman–Crippen MR) is 144 cm³/mol. The highest BCUT2D eigenvalue weighted by Gasteiger charge is 2.55. The molecule has 2 saturated carbocycles. The summed E-state index contributed by atoms with van der Waals surface area (Å²) < 4.78 is 69.3. The van der Waals surface area contributed by atoms with Gasteiger partial charge in [-0.25, -0.2) is 17.5 Å². The van der Waals surface area contributed by atoms with Crippen molar-refractivity contribution < 1.29 is 31.1 Å². The van der Waals surface area contributed by atoms with Crippen molar-refractivity contribution in [3.05, 3.63) is 57.9 Å². The Morgan fingerprint density at radius 3 is 2.72 bits per heavy atom. The van der Waals surface area contributed by atoms with E-state index in [9.17, 15) is 31.1 Å². The van der Waals surface area contributed by atoms with E-state index in [2.05, 4.69) is 14.4 Å². The first-order valence-corrected chi connectivity index (χ1v) is 16.8. The minimum absolute atomic E-state index is 0.157. The van der Waals surface area contributed by atoms with Gasteiger partial charge in [0.15, 0.2) is 5.84 Å². The Hall–Kier alpha value is -2.81. The van der Waals surface area contributed by atoms with E-state index in [0.717, 1.165) is 42.4 Å². The third-order valence-electron chi connectivity index (χ3n) is 8.11. The Labute approximate surface area is 229 Å². The molecular formula is C25H27FN4O6S3. The maximum atomic E-state index is 14.0. The molecule has 2 aliphatic heterocycles. The van der Waals surface area contributed by atoms with Crippen molar-refractivity contribution in [1.82, 2.24) is 9.62 Å². The van der Waals surface area contributed by atoms with Gasteiger partial charge in [0.05, 0.1) is 6.26 Å². The number of amidine groups is 1. The Morgan fingerprint density at radius 1 is 1.26 bits per heavy atom. The molecule has 1 amide bonds. The lowest BCUT2D eigenvalue weighted by Gasteiger charge is -2.41. The Kier molecular flexibility index (Phi) is 6.36. The standard InChI is InChI=1S/C25H27FN4O6S3/c1-38(33,34)27-10-15-12-37-24-22(15)39(35,36)29-23(28-24)19-21(31)18-9-14-3-2-4-17(14)20(18)30(25(19)32)11-13-5-7-16(26)8-6-13/h5-8,12,14,17-18,20,27,31H,2-4,9-11H2,1H3,(H,28,29)/t14?,17?,18-,20+/m1/s1. The monoisotopic (exact) mass is 594 g/mol. The van der Waals surface area contributed by atoms with Crippen LogP contribution < -0.4 is 10.0 Å². The molecule has 4 aliphatic rings. The second-order valence-electron chi connectivity index (χ2n) is 10.6. The lowest BCUT2D eigenvalue weighted by molar-refractivity contribution is -0.133. The van der Waals surface area contributed by atoms with E-state index < -0.39 is 26.0 Å². The first-order valence-electron chi connectivity index (χ1n) is 12.6. The Morgan fingerprint density at radius 2 is 2.00 bits per heavy atom. The fourth-order valence-electron chi connectivity index (χ4n) is 6.54. The number of benzene rings is 1. The van der Waals surface area contributed by atoms with Crippen molar-refractivity contribution in [1.29, 1.82) is 0 Å². The summed E-state index contributed by atoms with van der Waals surface area (Å²) in [5, 5.41) is 16.0. The number of aliphatic hydroxyl groups is 1. The fourth-order valence-corrected chi connectivity index (χ4v) is 9.56. The number of amides is 1. The molecule has 10 nitrogen and oxygen atoms in total. The SMILES string of the molecule is CS(=O)(=O)NCc1csc2c1S(=O)(=O)N=C(C1=C(O)[C@@H]3CC4CCCC4[C@@H]3N(Cc3ccc(F)cc3)C1=O)N2. The van der Waals surface area contributed by atoms with Crippen LogP contribution in [0.15, 0.2) is 50.3 Å². The third-order valence-corrected chi connectivity index (χ3v) is 11.3. The molecule has 3 heterocycles. The second kappa shape index (κ2) is 9.39. The van der Waals surface area contributed by atoms with Crippen LogP contribution in [0.5, 0.6) is 0 Å². The lowest BCUT2D eigenvalue weighted by atomic mass is 9.86. The summed E-state index contributed by atoms with van der Waals surface area (Å²) in [4.78, 5) is 15.5. The molecule has 6 rings (SSSR count). The van der Waals surface area contributed by atoms with Gasteiger partial charge in [0.25, 0.3) is 15.9 Å². The first kappa shape index (κ1) is 26.4. The van der Waals surface area contributed by atoms with E-state index in [1.807, 2.05) is 0 Å². The lowest BCUT2D eigenvalue weighted by Crippen LogP contribution is -2.52. The van der Waals surface area contributed by atoms with Crippen LogP contribution in [0.1, 0.15) is 36.8 Å². The van der Waals surface area contributed by atoms with E-state index in [4.69, 9.17) is 0 Å². The number of carbonyl (C=O) groups excluding carboxylic acids is 1. The van der Waals surface area contributed by atoms with Crippen molar-refractivity contribution >= 4 is 48.1 Å². The quantitative estimate of drug-likeness (QED) is 0.466. The molecule has 2 aromatic rings. The first-order chi connectivity index (χ1) is 18.4. The molecule has 208 valence electrons. The third kappa shape index (κ3) is 4.66. The summed E-state index contributed by atoms with van der Waals surface area (Å²) in [6.07, 6.45) is 4.66. The number of thiophene rings is 1. The maximum absolute atomic E-state index is 14.0. The van der Waals surface area contributed by atoms with Gasteiger partial charge in [0, 0.05) is 30.6 Å². The van der Waals surface area contributed by atoms with Crippen LogP contribution in [0.25, 0.3) is 0 Å². The average Bonchev–Trinajstić information content (AvgIpc) is 3.56. The van der Waals surface area contributed by atoms with Gasteiger partial charge in [0.2, 0.25) is 10.0 Å². The molecule has 0 radical (unpaired) electrons. The molecule has 2 unspecified atom stereocenters. The molecule has 0 saturated heterocycles. The molecule has 0 bridgehead atoms. The second-order valence-corrected chi connectivity index (χ2v) is 14.8. The normalized spacial score (nSPS) is 27.6. The van der Waals surface area contributed by atoms with E-state index >= 15 is 0 Å². The summed E-state index contributed by atoms with van der Waals surface area (Å²) in [6, 6.07) is 5.64. The van der Waals surface area contributed by atoms with Crippen LogP contribution in [0.3, 0.4) is 0 Å². The fraction of sp³-hybridized carbons (Fsp3) is 0.440. The van der Waals surface area contributed by atoms with E-state index in [1.54, 1.807) is 17.0 Å². The van der Waals surface area contributed by atoms with Crippen LogP contribution in [-0.2, 0) is 37.9 Å². The van der Waals surface area contributed by atoms with Crippen molar-refractivity contribution in [2.45, 2.75) is 49.7 Å². The molecule has 2 fully saturated rings. The van der Waals surface area contributed by atoms with Gasteiger partial charge in [-0.1, -0.05) is 25.0 Å². The molecule has 14 heteroatoms. The van der Waals surface area contributed by atoms with Crippen LogP contribution in [-0.4, -0.2) is 50.9 Å². The van der Waals surface area contributed by atoms with Crippen LogP contribution >= 0.6 is 11.3 Å². The van der Waals surface area contributed by atoms with Crippen LogP contribution in [0.2, 0.25) is 0 Å². The summed E-state index contributed by atoms with van der Waals surface area (Å²) >= 11 is 1.04. The largest absolute Gasteiger partial charge is 0.511 e. The number of anilines is 1. The molecule has 0 spiro atoms. The van der Waals surface area contributed by atoms with E-state index in [-0.39, 0.29) is 69.4 Å². The van der Waals surface area contributed by atoms with E-state index in [0.29, 0.717) is 12.3 Å². The van der Waals surface area contributed by atoms with E-state index in [1.165, 1.54) is 17.5 Å². The van der Waals surface area contributed by atoms with Gasteiger partial charge in [-0.15, -0.1) is 15.7 Å². The molecule has 39 heavy (non-hydrogen) atoms. The molecular weight excluding hydrogens is 567 g/mol. The van der Waals surface area contributed by atoms with Gasteiger partial charge in [-0.05, 0) is 47.8 Å². The van der Waals surface area contributed by atoms with Gasteiger partial charge < -0.3 is 15.3 Å². The highest BCUT2D eigenvalue weighted by Crippen LogP contribution is 2.53. The van der Waals surface area contributed by atoms with Gasteiger partial charge >= 0.3 is 0 Å². The smallest absolute Gasteiger partial charge is 0.287 e. The topological polar surface area (TPSA) is 145 Å². The van der Waals surface area contributed by atoms with Gasteiger partial charge in [-0.3, -0.25) is 4.79 Å². The average molecular weight is 595 g/mol. The number of halogens is 1. The zero-order valence-electron chi connectivity index (χ0n) is 20.9. The number of hydrogen-bond acceptors (Lipinski definition) is 8. The molecule has 1 aromatic carbocycles. The number of nitrogens with one attached hydrogen (secondary N) is 2. The number of fused-ring (bicyclic) bond motifs is 4. The zero-order valence-corrected chi connectivity index (χ0v) is 23.4.